The van der Waals surface area contributed by atoms with Crippen LogP contribution in [0, 0.1) is 6.92 Å². The average Bonchev–Trinajstić information content (AvgIpc) is 2.21. The smallest absolute Gasteiger partial charge is 0.180 e. The number of hydrogen-bond donors (Lipinski definition) is 1. The van der Waals surface area contributed by atoms with Gasteiger partial charge in [0.2, 0.25) is 0 Å². The van der Waals surface area contributed by atoms with Gasteiger partial charge in [-0.3, -0.25) is 0 Å². The van der Waals surface area contributed by atoms with Gasteiger partial charge in [0.15, 0.2) is 9.84 Å². The Bertz CT molecular complexity index is 481. The van der Waals surface area contributed by atoms with Crippen LogP contribution in [0.5, 0.6) is 0 Å². The number of benzene rings is 1. The quantitative estimate of drug-likeness (QED) is 0.807. The summed E-state index contributed by atoms with van der Waals surface area (Å²) in [6.07, 6.45) is 0.614. The molecule has 0 fully saturated rings. The Hall–Kier alpha value is -1.07. The molecule has 0 aliphatic heterocycles. The lowest BCUT2D eigenvalue weighted by atomic mass is 10.2. The molecule has 5 heteroatoms. The molecule has 0 aliphatic carbocycles. The van der Waals surface area contributed by atoms with Crippen LogP contribution in [-0.2, 0) is 9.84 Å². The van der Waals surface area contributed by atoms with E-state index in [0.29, 0.717) is 12.1 Å². The first kappa shape index (κ1) is 14.0. The van der Waals surface area contributed by atoms with Crippen LogP contribution in [0.3, 0.4) is 0 Å². The first-order valence-electron chi connectivity index (χ1n) is 5.57. The molecule has 0 saturated heterocycles. The zero-order valence-corrected chi connectivity index (χ0v) is 11.4. The van der Waals surface area contributed by atoms with Crippen LogP contribution in [0.1, 0.15) is 12.0 Å². The van der Waals surface area contributed by atoms with Gasteiger partial charge in [-0.05, 0) is 45.6 Å². The molecule has 17 heavy (non-hydrogen) atoms. The Morgan fingerprint density at radius 2 is 1.94 bits per heavy atom. The van der Waals surface area contributed by atoms with Crippen molar-refractivity contribution >= 4 is 15.5 Å². The molecule has 0 saturated carbocycles. The molecule has 1 aromatic carbocycles. The van der Waals surface area contributed by atoms with Crippen LogP contribution in [0.25, 0.3) is 0 Å². The number of aryl methyl sites for hydroxylation is 1. The number of hydrogen-bond acceptors (Lipinski definition) is 4. The van der Waals surface area contributed by atoms with Crippen LogP contribution in [0.4, 0.5) is 5.69 Å². The van der Waals surface area contributed by atoms with E-state index >= 15 is 0 Å². The lowest BCUT2D eigenvalue weighted by molar-refractivity contribution is 0.408. The summed E-state index contributed by atoms with van der Waals surface area (Å²) in [5, 5.41) is 0. The second-order valence-electron chi connectivity index (χ2n) is 4.46. The summed E-state index contributed by atoms with van der Waals surface area (Å²) in [5.41, 5.74) is 6.99. The molecule has 0 unspecified atom stereocenters. The van der Waals surface area contributed by atoms with Gasteiger partial charge < -0.3 is 10.6 Å². The minimum absolute atomic E-state index is 0.138. The van der Waals surface area contributed by atoms with E-state index in [2.05, 4.69) is 0 Å². The third-order valence-corrected chi connectivity index (χ3v) is 4.49. The molecule has 0 bridgehead atoms. The van der Waals surface area contributed by atoms with Gasteiger partial charge in [-0.2, -0.15) is 0 Å². The Labute approximate surface area is 103 Å². The van der Waals surface area contributed by atoms with Gasteiger partial charge in [0.25, 0.3) is 0 Å². The number of nitrogens with zero attached hydrogens (tertiary/aromatic N) is 1. The highest BCUT2D eigenvalue weighted by Crippen LogP contribution is 2.23. The predicted molar refractivity (Wildman–Crippen MR) is 70.8 cm³/mol. The molecule has 1 aromatic rings. The molecule has 96 valence electrons. The van der Waals surface area contributed by atoms with Gasteiger partial charge in [-0.1, -0.05) is 12.1 Å². The highest BCUT2D eigenvalue weighted by Gasteiger charge is 2.17. The van der Waals surface area contributed by atoms with E-state index in [1.165, 1.54) is 0 Å². The fraction of sp³-hybridized carbons (Fsp3) is 0.500. The molecular formula is C12H20N2O2S. The van der Waals surface area contributed by atoms with Crippen molar-refractivity contribution in [2.75, 3.05) is 32.1 Å². The van der Waals surface area contributed by atoms with Gasteiger partial charge >= 0.3 is 0 Å². The largest absolute Gasteiger partial charge is 0.397 e. The van der Waals surface area contributed by atoms with Crippen molar-refractivity contribution in [2.24, 2.45) is 0 Å². The maximum Gasteiger partial charge on any atom is 0.180 e. The van der Waals surface area contributed by atoms with E-state index in [1.807, 2.05) is 32.0 Å². The van der Waals surface area contributed by atoms with Gasteiger partial charge in [-0.25, -0.2) is 8.42 Å². The number of sulfone groups is 1. The van der Waals surface area contributed by atoms with Crippen LogP contribution in [0.15, 0.2) is 23.1 Å². The third kappa shape index (κ3) is 3.71. The summed E-state index contributed by atoms with van der Waals surface area (Å²) >= 11 is 0. The third-order valence-electron chi connectivity index (χ3n) is 2.64. The van der Waals surface area contributed by atoms with Crippen molar-refractivity contribution in [2.45, 2.75) is 18.2 Å². The topological polar surface area (TPSA) is 63.4 Å². The summed E-state index contributed by atoms with van der Waals surface area (Å²) in [6, 6.07) is 5.12. The lowest BCUT2D eigenvalue weighted by Crippen LogP contribution is -2.18. The SMILES string of the molecule is Cc1cccc(S(=O)(=O)CCCN(C)C)c1N. The van der Waals surface area contributed by atoms with Crippen molar-refractivity contribution in [3.8, 4) is 0 Å². The number of rotatable bonds is 5. The summed E-state index contributed by atoms with van der Waals surface area (Å²) in [4.78, 5) is 2.23. The molecule has 2 N–H and O–H groups in total. The molecule has 0 radical (unpaired) electrons. The highest BCUT2D eigenvalue weighted by atomic mass is 32.2. The lowest BCUT2D eigenvalue weighted by Gasteiger charge is -2.11. The van der Waals surface area contributed by atoms with Gasteiger partial charge in [0, 0.05) is 0 Å². The van der Waals surface area contributed by atoms with E-state index < -0.39 is 9.84 Å². The van der Waals surface area contributed by atoms with Crippen LogP contribution in [0.2, 0.25) is 0 Å². The Morgan fingerprint density at radius 1 is 1.29 bits per heavy atom. The number of para-hydroxylation sites is 1. The first-order chi connectivity index (χ1) is 7.84. The van der Waals surface area contributed by atoms with E-state index in [9.17, 15) is 8.42 Å². The molecule has 0 amide bonds. The predicted octanol–water partition coefficient (Wildman–Crippen LogP) is 1.30. The second-order valence-corrected chi connectivity index (χ2v) is 6.54. The average molecular weight is 256 g/mol. The van der Waals surface area contributed by atoms with E-state index in [-0.39, 0.29) is 10.6 Å². The molecule has 0 aromatic heterocycles. The minimum Gasteiger partial charge on any atom is -0.397 e. The highest BCUT2D eigenvalue weighted by molar-refractivity contribution is 7.91. The van der Waals surface area contributed by atoms with Crippen molar-refractivity contribution < 1.29 is 8.42 Å². The fourth-order valence-corrected chi connectivity index (χ4v) is 3.12. The normalized spacial score (nSPS) is 12.0. The van der Waals surface area contributed by atoms with Crippen LogP contribution >= 0.6 is 0 Å². The van der Waals surface area contributed by atoms with E-state index in [1.54, 1.807) is 12.1 Å². The summed E-state index contributed by atoms with van der Waals surface area (Å²) < 4.78 is 24.2. The summed E-state index contributed by atoms with van der Waals surface area (Å²) in [7, 11) is 0.588. The van der Waals surface area contributed by atoms with Crippen molar-refractivity contribution in [1.29, 1.82) is 0 Å². The molecule has 0 heterocycles. The maximum absolute atomic E-state index is 12.1. The van der Waals surface area contributed by atoms with Crippen molar-refractivity contribution in [3.63, 3.8) is 0 Å². The first-order valence-corrected chi connectivity index (χ1v) is 7.22. The zero-order valence-electron chi connectivity index (χ0n) is 10.6. The number of anilines is 1. The number of nitrogens with two attached hydrogens (primary N) is 1. The second kappa shape index (κ2) is 5.51. The number of nitrogen functional groups attached to an aromatic ring is 1. The Balaban J connectivity index is 2.87. The zero-order chi connectivity index (χ0) is 13.1. The monoisotopic (exact) mass is 256 g/mol. The maximum atomic E-state index is 12.1. The molecular weight excluding hydrogens is 236 g/mol. The van der Waals surface area contributed by atoms with Crippen molar-refractivity contribution in [1.82, 2.24) is 4.90 Å². The Kier molecular flexibility index (Phi) is 4.54. The summed E-state index contributed by atoms with van der Waals surface area (Å²) in [6.45, 7) is 2.57. The molecule has 0 aliphatic rings. The Morgan fingerprint density at radius 3 is 2.53 bits per heavy atom. The molecule has 1 rings (SSSR count). The standard InChI is InChI=1S/C12H20N2O2S/c1-10-6-4-7-11(12(10)13)17(15,16)9-5-8-14(2)3/h4,6-7H,5,8-9,13H2,1-3H3. The molecule has 0 atom stereocenters. The van der Waals surface area contributed by atoms with Gasteiger partial charge in [0.05, 0.1) is 16.3 Å². The van der Waals surface area contributed by atoms with Crippen molar-refractivity contribution in [3.05, 3.63) is 23.8 Å². The molecule has 0 spiro atoms. The van der Waals surface area contributed by atoms with Crippen LogP contribution < -0.4 is 5.73 Å². The van der Waals surface area contributed by atoms with Crippen LogP contribution in [-0.4, -0.2) is 39.7 Å². The van der Waals surface area contributed by atoms with E-state index in [0.717, 1.165) is 12.1 Å². The molecule has 4 nitrogen and oxygen atoms in total. The van der Waals surface area contributed by atoms with Gasteiger partial charge in [-0.15, -0.1) is 0 Å². The van der Waals surface area contributed by atoms with E-state index in [4.69, 9.17) is 5.73 Å². The van der Waals surface area contributed by atoms with Gasteiger partial charge in [0.1, 0.15) is 0 Å². The minimum atomic E-state index is -3.26. The summed E-state index contributed by atoms with van der Waals surface area (Å²) in [5.74, 6) is 0.138. The fourth-order valence-electron chi connectivity index (χ4n) is 1.61.